The summed E-state index contributed by atoms with van der Waals surface area (Å²) in [5.41, 5.74) is 0. The van der Waals surface area contributed by atoms with Crippen molar-refractivity contribution in [3.8, 4) is 0 Å². The summed E-state index contributed by atoms with van der Waals surface area (Å²) in [6.07, 6.45) is 2.02. The monoisotopic (exact) mass is 289 g/mol. The number of sulfonamides is 1. The van der Waals surface area contributed by atoms with E-state index in [0.717, 1.165) is 17.7 Å². The number of thiophene rings is 1. The predicted octanol–water partition coefficient (Wildman–Crippen LogP) is 1.97. The summed E-state index contributed by atoms with van der Waals surface area (Å²) in [5, 5.41) is 9.10. The summed E-state index contributed by atoms with van der Waals surface area (Å²) in [6, 6.07) is 1.61. The van der Waals surface area contributed by atoms with Crippen LogP contribution in [0.25, 0.3) is 0 Å². The van der Waals surface area contributed by atoms with Gasteiger partial charge < -0.3 is 5.11 Å². The first-order chi connectivity index (χ1) is 8.45. The molecule has 0 amide bonds. The minimum absolute atomic E-state index is 0.0998. The molecule has 4 nitrogen and oxygen atoms in total. The van der Waals surface area contributed by atoms with Gasteiger partial charge in [0.05, 0.1) is 11.5 Å². The Hall–Kier alpha value is -0.430. The lowest BCUT2D eigenvalue weighted by atomic mass is 10.0. The lowest BCUT2D eigenvalue weighted by Gasteiger charge is -2.29. The van der Waals surface area contributed by atoms with Gasteiger partial charge in [-0.2, -0.15) is 4.31 Å². The predicted molar refractivity (Wildman–Crippen MR) is 72.1 cm³/mol. The van der Waals surface area contributed by atoms with Crippen molar-refractivity contribution in [3.05, 3.63) is 15.8 Å². The number of hydrogen-bond acceptors (Lipinski definition) is 4. The van der Waals surface area contributed by atoms with E-state index in [9.17, 15) is 8.42 Å². The summed E-state index contributed by atoms with van der Waals surface area (Å²) >= 11 is 1.35. The highest BCUT2D eigenvalue weighted by molar-refractivity contribution is 7.89. The van der Waals surface area contributed by atoms with Gasteiger partial charge in [-0.05, 0) is 31.7 Å². The van der Waals surface area contributed by atoms with Crippen LogP contribution < -0.4 is 0 Å². The molecule has 1 saturated heterocycles. The molecule has 102 valence electrons. The molecule has 1 unspecified atom stereocenters. The van der Waals surface area contributed by atoms with Gasteiger partial charge in [0.2, 0.25) is 10.0 Å². The van der Waals surface area contributed by atoms with Crippen molar-refractivity contribution in [3.63, 3.8) is 0 Å². The molecule has 0 aromatic carbocycles. The molecule has 18 heavy (non-hydrogen) atoms. The number of nitrogens with zero attached hydrogens (tertiary/aromatic N) is 1. The molecular formula is C12H19NO3S2. The fourth-order valence-corrected chi connectivity index (χ4v) is 5.42. The first-order valence-corrected chi connectivity index (χ1v) is 8.41. The van der Waals surface area contributed by atoms with Crippen LogP contribution in [-0.4, -0.2) is 30.9 Å². The van der Waals surface area contributed by atoms with Crippen molar-refractivity contribution < 1.29 is 13.5 Å². The van der Waals surface area contributed by atoms with E-state index in [1.165, 1.54) is 11.3 Å². The summed E-state index contributed by atoms with van der Waals surface area (Å²) < 4.78 is 26.6. The van der Waals surface area contributed by atoms with Gasteiger partial charge in [0.1, 0.15) is 0 Å². The van der Waals surface area contributed by atoms with Gasteiger partial charge in [-0.3, -0.25) is 0 Å². The van der Waals surface area contributed by atoms with E-state index in [2.05, 4.69) is 6.92 Å². The largest absolute Gasteiger partial charge is 0.391 e. The van der Waals surface area contributed by atoms with Gasteiger partial charge >= 0.3 is 0 Å². The summed E-state index contributed by atoms with van der Waals surface area (Å²) in [4.78, 5) is 1.83. The Morgan fingerprint density at radius 2 is 2.28 bits per heavy atom. The molecule has 6 heteroatoms. The van der Waals surface area contributed by atoms with Gasteiger partial charge in [-0.25, -0.2) is 8.42 Å². The maximum absolute atomic E-state index is 12.5. The van der Waals surface area contributed by atoms with Crippen LogP contribution >= 0.6 is 11.3 Å². The molecular weight excluding hydrogens is 270 g/mol. The van der Waals surface area contributed by atoms with Crippen LogP contribution in [-0.2, 0) is 16.6 Å². The lowest BCUT2D eigenvalue weighted by Crippen LogP contribution is -2.39. The molecule has 2 rings (SSSR count). The van der Waals surface area contributed by atoms with Gasteiger partial charge in [-0.15, -0.1) is 11.3 Å². The van der Waals surface area contributed by atoms with Crippen molar-refractivity contribution in [2.45, 2.75) is 38.2 Å². The molecule has 1 aliphatic heterocycles. The standard InChI is InChI=1S/C12H19NO3S2/c1-9-4-3-5-13(7-9)18(15,16)12-6-11(8-14)17-10(12)2/h6,9,14H,3-5,7-8H2,1-2H3. The summed E-state index contributed by atoms with van der Waals surface area (Å²) in [6.45, 7) is 4.99. The Morgan fingerprint density at radius 3 is 2.83 bits per heavy atom. The minimum atomic E-state index is -3.38. The second-order valence-corrected chi connectivity index (χ2v) is 8.15. The first-order valence-electron chi connectivity index (χ1n) is 6.15. The zero-order valence-corrected chi connectivity index (χ0v) is 12.4. The van der Waals surface area contributed by atoms with E-state index in [1.807, 2.05) is 0 Å². The van der Waals surface area contributed by atoms with Crippen LogP contribution in [0, 0.1) is 12.8 Å². The van der Waals surface area contributed by atoms with Crippen LogP contribution in [0.15, 0.2) is 11.0 Å². The van der Waals surface area contributed by atoms with Gasteiger partial charge in [0.15, 0.2) is 0 Å². The highest BCUT2D eigenvalue weighted by atomic mass is 32.2. The first kappa shape index (κ1) is 14.0. The minimum Gasteiger partial charge on any atom is -0.391 e. The second-order valence-electron chi connectivity index (χ2n) is 4.90. The number of aliphatic hydroxyl groups excluding tert-OH is 1. The van der Waals surface area contributed by atoms with E-state index in [0.29, 0.717) is 28.8 Å². The lowest BCUT2D eigenvalue weighted by molar-refractivity contribution is 0.280. The number of piperidine rings is 1. The molecule has 1 aromatic rings. The van der Waals surface area contributed by atoms with Crippen molar-refractivity contribution in [1.82, 2.24) is 4.31 Å². The molecule has 0 aliphatic carbocycles. The van der Waals surface area contributed by atoms with Crippen molar-refractivity contribution in [1.29, 1.82) is 0 Å². The molecule has 1 N–H and O–H groups in total. The Kier molecular flexibility index (Phi) is 4.11. The van der Waals surface area contributed by atoms with Gasteiger partial charge in [0, 0.05) is 22.8 Å². The third-order valence-electron chi connectivity index (χ3n) is 3.32. The number of rotatable bonds is 3. The molecule has 0 spiro atoms. The molecule has 1 fully saturated rings. The van der Waals surface area contributed by atoms with Gasteiger partial charge in [-0.1, -0.05) is 6.92 Å². The summed E-state index contributed by atoms with van der Waals surface area (Å²) in [7, 11) is -3.38. The molecule has 1 aromatic heterocycles. The SMILES string of the molecule is Cc1sc(CO)cc1S(=O)(=O)N1CCCC(C)C1. The smallest absolute Gasteiger partial charge is 0.244 e. The molecule has 2 heterocycles. The van der Waals surface area contributed by atoms with E-state index >= 15 is 0 Å². The molecule has 0 bridgehead atoms. The number of hydrogen-bond donors (Lipinski definition) is 1. The van der Waals surface area contributed by atoms with E-state index < -0.39 is 10.0 Å². The van der Waals surface area contributed by atoms with Crippen molar-refractivity contribution in [2.75, 3.05) is 13.1 Å². The van der Waals surface area contributed by atoms with E-state index in [1.54, 1.807) is 17.3 Å². The average Bonchev–Trinajstić information content (AvgIpc) is 2.71. The maximum Gasteiger partial charge on any atom is 0.244 e. The van der Waals surface area contributed by atoms with Crippen molar-refractivity contribution in [2.24, 2.45) is 5.92 Å². The molecule has 0 saturated carbocycles. The third kappa shape index (κ3) is 2.61. The van der Waals surface area contributed by atoms with Crippen LogP contribution in [0.1, 0.15) is 29.5 Å². The van der Waals surface area contributed by atoms with Crippen LogP contribution in [0.4, 0.5) is 0 Å². The zero-order chi connectivity index (χ0) is 13.3. The normalized spacial score (nSPS) is 22.3. The topological polar surface area (TPSA) is 57.6 Å². The zero-order valence-electron chi connectivity index (χ0n) is 10.7. The third-order valence-corrected chi connectivity index (χ3v) is 6.47. The molecule has 1 atom stereocenters. The summed E-state index contributed by atoms with van der Waals surface area (Å²) in [5.74, 6) is 0.421. The molecule has 0 radical (unpaired) electrons. The maximum atomic E-state index is 12.5. The highest BCUT2D eigenvalue weighted by Gasteiger charge is 2.30. The number of aryl methyl sites for hydroxylation is 1. The van der Waals surface area contributed by atoms with Crippen LogP contribution in [0.3, 0.4) is 0 Å². The Labute approximate surface area is 112 Å². The highest BCUT2D eigenvalue weighted by Crippen LogP contribution is 2.30. The quantitative estimate of drug-likeness (QED) is 0.925. The molecule has 1 aliphatic rings. The van der Waals surface area contributed by atoms with Gasteiger partial charge in [0.25, 0.3) is 0 Å². The fraction of sp³-hybridized carbons (Fsp3) is 0.667. The van der Waals surface area contributed by atoms with Crippen molar-refractivity contribution >= 4 is 21.4 Å². The van der Waals surface area contributed by atoms with Crippen LogP contribution in [0.5, 0.6) is 0 Å². The van der Waals surface area contributed by atoms with E-state index in [-0.39, 0.29) is 6.61 Å². The Balaban J connectivity index is 2.32. The Bertz CT molecular complexity index is 521. The Morgan fingerprint density at radius 1 is 1.56 bits per heavy atom. The second kappa shape index (κ2) is 5.28. The average molecular weight is 289 g/mol. The van der Waals surface area contributed by atoms with Crippen LogP contribution in [0.2, 0.25) is 0 Å². The number of aliphatic hydroxyl groups is 1. The van der Waals surface area contributed by atoms with E-state index in [4.69, 9.17) is 5.11 Å². The fourth-order valence-electron chi connectivity index (χ4n) is 2.36.